The molecule has 9 nitrogen and oxygen atoms in total. The van der Waals surface area contributed by atoms with Gasteiger partial charge in [-0.2, -0.15) is 0 Å². The smallest absolute Gasteiger partial charge is 0.410 e. The van der Waals surface area contributed by atoms with Crippen LogP contribution in [0.3, 0.4) is 0 Å². The van der Waals surface area contributed by atoms with E-state index in [0.717, 1.165) is 25.7 Å². The molecule has 0 aromatic rings. The van der Waals surface area contributed by atoms with Crippen LogP contribution < -0.4 is 5.32 Å². The van der Waals surface area contributed by atoms with Crippen LogP contribution in [-0.4, -0.2) is 78.1 Å². The van der Waals surface area contributed by atoms with Gasteiger partial charge in [-0.05, 0) is 65.7 Å². The highest BCUT2D eigenvalue weighted by Gasteiger charge is 2.31. The van der Waals surface area contributed by atoms with Crippen molar-refractivity contribution in [3.63, 3.8) is 0 Å². The number of carbonyl (C=O) groups is 4. The topological polar surface area (TPSA) is 105 Å². The van der Waals surface area contributed by atoms with E-state index in [2.05, 4.69) is 11.2 Å². The second kappa shape index (κ2) is 13.4. The lowest BCUT2D eigenvalue weighted by Gasteiger charge is -2.34. The second-order valence-corrected chi connectivity index (χ2v) is 10.4. The van der Waals surface area contributed by atoms with Gasteiger partial charge < -0.3 is 24.6 Å². The maximum absolute atomic E-state index is 12.9. The predicted octanol–water partition coefficient (Wildman–Crippen LogP) is 2.72. The molecular weight excluding hydrogens is 450 g/mol. The summed E-state index contributed by atoms with van der Waals surface area (Å²) in [6.07, 6.45) is 9.45. The standard InChI is InChI=1S/C26H41N3O6/c1-6-21(17-23(31)34-7-2)27-24(32)20-9-8-14-29(18-20)22(30)11-10-19-12-15-28(16-13-19)25(33)35-26(3,4)5/h1,19-21H,7-18H2,2-5H3,(H,27,32)/t20-,21-/m1/s1. The van der Waals surface area contributed by atoms with E-state index in [1.54, 1.807) is 16.7 Å². The molecule has 2 saturated heterocycles. The summed E-state index contributed by atoms with van der Waals surface area (Å²) in [6, 6.07) is -0.723. The SMILES string of the molecule is C#C[C@H](CC(=O)OCC)NC(=O)[C@@H]1CCCN(C(=O)CCC2CCN(C(=O)OC(C)(C)C)CC2)C1. The summed E-state index contributed by atoms with van der Waals surface area (Å²) < 4.78 is 10.3. The Kier molecular flexibility index (Phi) is 10.9. The van der Waals surface area contributed by atoms with Crippen LogP contribution in [0.25, 0.3) is 0 Å². The van der Waals surface area contributed by atoms with E-state index < -0.39 is 17.6 Å². The van der Waals surface area contributed by atoms with Gasteiger partial charge in [0.1, 0.15) is 11.6 Å². The Labute approximate surface area is 209 Å². The number of esters is 1. The zero-order valence-corrected chi connectivity index (χ0v) is 21.6. The van der Waals surface area contributed by atoms with Crippen molar-refractivity contribution in [2.45, 2.75) is 84.3 Å². The Bertz CT molecular complexity index is 792. The van der Waals surface area contributed by atoms with Crippen LogP contribution >= 0.6 is 0 Å². The van der Waals surface area contributed by atoms with E-state index >= 15 is 0 Å². The third kappa shape index (κ3) is 9.79. The molecule has 2 aliphatic rings. The van der Waals surface area contributed by atoms with Crippen LogP contribution in [0, 0.1) is 24.2 Å². The average Bonchev–Trinajstić information content (AvgIpc) is 2.81. The van der Waals surface area contributed by atoms with Gasteiger partial charge in [-0.15, -0.1) is 6.42 Å². The molecule has 0 radical (unpaired) electrons. The first-order valence-electron chi connectivity index (χ1n) is 12.7. The molecule has 2 heterocycles. The highest BCUT2D eigenvalue weighted by Crippen LogP contribution is 2.25. The van der Waals surface area contributed by atoms with Crippen molar-refractivity contribution in [2.24, 2.45) is 11.8 Å². The van der Waals surface area contributed by atoms with Crippen LogP contribution in [0.1, 0.15) is 72.6 Å². The molecule has 35 heavy (non-hydrogen) atoms. The van der Waals surface area contributed by atoms with Gasteiger partial charge in [-0.3, -0.25) is 14.4 Å². The molecule has 196 valence electrons. The number of rotatable bonds is 8. The minimum absolute atomic E-state index is 0.0529. The fourth-order valence-corrected chi connectivity index (χ4v) is 4.46. The van der Waals surface area contributed by atoms with E-state index in [0.29, 0.717) is 44.9 Å². The fraction of sp³-hybridized carbons (Fsp3) is 0.769. The molecule has 0 spiro atoms. The summed E-state index contributed by atoms with van der Waals surface area (Å²) in [5, 5.41) is 2.74. The number of hydrogen-bond donors (Lipinski definition) is 1. The summed E-state index contributed by atoms with van der Waals surface area (Å²) >= 11 is 0. The second-order valence-electron chi connectivity index (χ2n) is 10.4. The third-order valence-electron chi connectivity index (χ3n) is 6.37. The van der Waals surface area contributed by atoms with Crippen molar-refractivity contribution in [1.82, 2.24) is 15.1 Å². The first kappa shape index (κ1) is 28.5. The van der Waals surface area contributed by atoms with Gasteiger partial charge in [0.2, 0.25) is 11.8 Å². The Balaban J connectivity index is 1.75. The minimum Gasteiger partial charge on any atom is -0.466 e. The Morgan fingerprint density at radius 3 is 2.37 bits per heavy atom. The van der Waals surface area contributed by atoms with Crippen molar-refractivity contribution in [1.29, 1.82) is 0 Å². The third-order valence-corrected chi connectivity index (χ3v) is 6.37. The van der Waals surface area contributed by atoms with Gasteiger partial charge in [0.15, 0.2) is 0 Å². The first-order chi connectivity index (χ1) is 16.5. The number of nitrogens with one attached hydrogen (secondary N) is 1. The highest BCUT2D eigenvalue weighted by atomic mass is 16.6. The molecule has 0 aromatic heterocycles. The lowest BCUT2D eigenvalue weighted by Crippen LogP contribution is -2.47. The van der Waals surface area contributed by atoms with Gasteiger partial charge in [-0.25, -0.2) is 4.79 Å². The zero-order chi connectivity index (χ0) is 26.0. The van der Waals surface area contributed by atoms with Crippen molar-refractivity contribution in [3.8, 4) is 12.3 Å². The molecular formula is C26H41N3O6. The first-order valence-corrected chi connectivity index (χ1v) is 12.7. The highest BCUT2D eigenvalue weighted by molar-refractivity contribution is 5.82. The summed E-state index contributed by atoms with van der Waals surface area (Å²) in [4.78, 5) is 53.0. The summed E-state index contributed by atoms with van der Waals surface area (Å²) in [5.41, 5.74) is -0.508. The fourth-order valence-electron chi connectivity index (χ4n) is 4.46. The van der Waals surface area contributed by atoms with Crippen molar-refractivity contribution < 1.29 is 28.7 Å². The van der Waals surface area contributed by atoms with E-state index in [1.807, 2.05) is 20.8 Å². The van der Waals surface area contributed by atoms with Gasteiger partial charge in [0, 0.05) is 32.6 Å². The number of terminal acetylenes is 1. The molecule has 0 saturated carbocycles. The Morgan fingerprint density at radius 1 is 1.09 bits per heavy atom. The number of likely N-dealkylation sites (tertiary alicyclic amines) is 2. The lowest BCUT2D eigenvalue weighted by atomic mass is 9.91. The van der Waals surface area contributed by atoms with Crippen molar-refractivity contribution in [2.75, 3.05) is 32.8 Å². The largest absolute Gasteiger partial charge is 0.466 e. The lowest BCUT2D eigenvalue weighted by molar-refractivity contribution is -0.143. The van der Waals surface area contributed by atoms with Crippen LogP contribution in [-0.2, 0) is 23.9 Å². The molecule has 2 fully saturated rings. The molecule has 1 N–H and O–H groups in total. The summed E-state index contributed by atoms with van der Waals surface area (Å²) in [7, 11) is 0. The molecule has 2 atom stereocenters. The Morgan fingerprint density at radius 2 is 1.77 bits per heavy atom. The van der Waals surface area contributed by atoms with Crippen molar-refractivity contribution >= 4 is 23.9 Å². The number of nitrogens with zero attached hydrogens (tertiary/aromatic N) is 2. The van der Waals surface area contributed by atoms with Crippen LogP contribution in [0.4, 0.5) is 4.79 Å². The monoisotopic (exact) mass is 491 g/mol. The predicted molar refractivity (Wildman–Crippen MR) is 131 cm³/mol. The number of piperidine rings is 2. The Hall–Kier alpha value is -2.76. The number of ether oxygens (including phenoxy) is 2. The molecule has 0 bridgehead atoms. The molecule has 2 rings (SSSR count). The maximum Gasteiger partial charge on any atom is 0.410 e. The van der Waals surface area contributed by atoms with Crippen molar-refractivity contribution in [3.05, 3.63) is 0 Å². The summed E-state index contributed by atoms with van der Waals surface area (Å²) in [6.45, 7) is 9.82. The molecule has 2 aliphatic heterocycles. The van der Waals surface area contributed by atoms with Gasteiger partial charge >= 0.3 is 12.1 Å². The minimum atomic E-state index is -0.723. The van der Waals surface area contributed by atoms with E-state index in [-0.39, 0.29) is 36.9 Å². The summed E-state index contributed by atoms with van der Waals surface area (Å²) in [5.74, 6) is 1.84. The molecule has 9 heteroatoms. The van der Waals surface area contributed by atoms with Gasteiger partial charge in [0.25, 0.3) is 0 Å². The number of amides is 3. The van der Waals surface area contributed by atoms with E-state index in [9.17, 15) is 19.2 Å². The van der Waals surface area contributed by atoms with Crippen LogP contribution in [0.2, 0.25) is 0 Å². The quantitative estimate of drug-likeness (QED) is 0.413. The van der Waals surface area contributed by atoms with Gasteiger partial charge in [-0.1, -0.05) is 5.92 Å². The molecule has 3 amide bonds. The van der Waals surface area contributed by atoms with Gasteiger partial charge in [0.05, 0.1) is 18.9 Å². The average molecular weight is 492 g/mol. The normalized spacial score (nSPS) is 19.9. The van der Waals surface area contributed by atoms with Crippen LogP contribution in [0.15, 0.2) is 0 Å². The maximum atomic E-state index is 12.9. The number of hydrogen-bond acceptors (Lipinski definition) is 6. The molecule has 0 aromatic carbocycles. The molecule has 0 unspecified atom stereocenters. The van der Waals surface area contributed by atoms with E-state index in [1.165, 1.54) is 0 Å². The molecule has 0 aliphatic carbocycles. The zero-order valence-electron chi connectivity index (χ0n) is 21.6. The van der Waals surface area contributed by atoms with Crippen LogP contribution in [0.5, 0.6) is 0 Å². The number of carbonyl (C=O) groups excluding carboxylic acids is 4. The van der Waals surface area contributed by atoms with E-state index in [4.69, 9.17) is 15.9 Å².